The molecule has 2 heterocycles. The summed E-state index contributed by atoms with van der Waals surface area (Å²) in [5, 5.41) is 2.82. The van der Waals surface area contributed by atoms with Gasteiger partial charge in [-0.1, -0.05) is 78.1 Å². The Morgan fingerprint density at radius 1 is 0.691 bits per heavy atom. The topological polar surface area (TPSA) is 147 Å². The summed E-state index contributed by atoms with van der Waals surface area (Å²) < 4.78 is 45.5. The number of rotatable bonds is 34. The zero-order valence-electron chi connectivity index (χ0n) is 35.1. The fourth-order valence-electron chi connectivity index (χ4n) is 6.56. The van der Waals surface area contributed by atoms with Crippen LogP contribution < -0.4 is 5.32 Å². The number of nitrogens with one attached hydrogen (secondary N) is 1. The SMILES string of the molecule is CCCCCc1cc(C)c(CCCCCCCCC(=O)O[C@H](COC(=O)CCCCCCCCc2oc(CCC)c(C)c2C)COP(=O)(O)OCCNC)o1. The zero-order chi connectivity index (χ0) is 40.3. The second kappa shape index (κ2) is 28.9. The second-order valence-electron chi connectivity index (χ2n) is 15.0. The molecule has 1 unspecified atom stereocenters. The highest BCUT2D eigenvalue weighted by atomic mass is 31.2. The normalized spacial score (nSPS) is 13.2. The first-order valence-corrected chi connectivity index (χ1v) is 22.8. The molecule has 0 aliphatic carbocycles. The van der Waals surface area contributed by atoms with Crippen molar-refractivity contribution < 1.29 is 46.4 Å². The molecular formula is C43H74NO10P. The first-order valence-electron chi connectivity index (χ1n) is 21.3. The van der Waals surface area contributed by atoms with Crippen LogP contribution >= 0.6 is 7.82 Å². The van der Waals surface area contributed by atoms with Crippen LogP contribution in [0.1, 0.15) is 169 Å². The van der Waals surface area contributed by atoms with Gasteiger partial charge in [0.05, 0.1) is 13.2 Å². The summed E-state index contributed by atoms with van der Waals surface area (Å²) in [7, 11) is -2.68. The number of hydrogen-bond acceptors (Lipinski definition) is 10. The quantitative estimate of drug-likeness (QED) is 0.0396. The van der Waals surface area contributed by atoms with Crippen LogP contribution in [0.4, 0.5) is 0 Å². The summed E-state index contributed by atoms with van der Waals surface area (Å²) in [6.07, 6.45) is 19.8. The van der Waals surface area contributed by atoms with Crippen molar-refractivity contribution in [2.24, 2.45) is 0 Å². The van der Waals surface area contributed by atoms with Crippen molar-refractivity contribution in [2.75, 3.05) is 33.4 Å². The van der Waals surface area contributed by atoms with Gasteiger partial charge in [0, 0.05) is 45.1 Å². The summed E-state index contributed by atoms with van der Waals surface area (Å²) in [6.45, 7) is 10.4. The smallest absolute Gasteiger partial charge is 0.466 e. The van der Waals surface area contributed by atoms with Gasteiger partial charge in [-0.3, -0.25) is 18.6 Å². The van der Waals surface area contributed by atoms with Crippen molar-refractivity contribution in [2.45, 2.75) is 182 Å². The number of furan rings is 2. The Morgan fingerprint density at radius 2 is 1.25 bits per heavy atom. The molecule has 0 saturated carbocycles. The number of ether oxygens (including phenoxy) is 2. The van der Waals surface area contributed by atoms with Crippen molar-refractivity contribution in [1.82, 2.24) is 5.32 Å². The van der Waals surface area contributed by atoms with E-state index in [0.29, 0.717) is 19.4 Å². The Bertz CT molecular complexity index is 1390. The predicted octanol–water partition coefficient (Wildman–Crippen LogP) is 10.5. The Kier molecular flexibility index (Phi) is 25.6. The molecule has 2 aromatic rings. The molecule has 2 aromatic heterocycles. The van der Waals surface area contributed by atoms with E-state index in [2.05, 4.69) is 46.0 Å². The largest absolute Gasteiger partial charge is 0.472 e. The van der Waals surface area contributed by atoms with Gasteiger partial charge < -0.3 is 28.5 Å². The lowest BCUT2D eigenvalue weighted by Crippen LogP contribution is -2.29. The average molecular weight is 796 g/mol. The van der Waals surface area contributed by atoms with E-state index in [1.165, 1.54) is 36.0 Å². The summed E-state index contributed by atoms with van der Waals surface area (Å²) in [5.41, 5.74) is 3.82. The zero-order valence-corrected chi connectivity index (χ0v) is 36.0. The van der Waals surface area contributed by atoms with E-state index in [0.717, 1.165) is 119 Å². The lowest BCUT2D eigenvalue weighted by molar-refractivity contribution is -0.161. The van der Waals surface area contributed by atoms with Crippen molar-refractivity contribution in [3.63, 3.8) is 0 Å². The second-order valence-corrected chi connectivity index (χ2v) is 16.4. The molecule has 0 aliphatic heterocycles. The Labute approximate surface area is 332 Å². The van der Waals surface area contributed by atoms with Crippen LogP contribution in [0.15, 0.2) is 14.9 Å². The van der Waals surface area contributed by atoms with Gasteiger partial charge in [-0.2, -0.15) is 0 Å². The Hall–Kier alpha value is -2.43. The van der Waals surface area contributed by atoms with Crippen molar-refractivity contribution in [3.8, 4) is 0 Å². The first kappa shape index (κ1) is 48.7. The monoisotopic (exact) mass is 796 g/mol. The number of likely N-dealkylation sites (N-methyl/N-ethyl adjacent to an activating group) is 1. The van der Waals surface area contributed by atoms with Crippen LogP contribution in [0, 0.1) is 20.8 Å². The summed E-state index contributed by atoms with van der Waals surface area (Å²) in [4.78, 5) is 35.2. The third kappa shape index (κ3) is 21.6. The van der Waals surface area contributed by atoms with E-state index in [9.17, 15) is 19.0 Å². The van der Waals surface area contributed by atoms with Gasteiger partial charge in [0.2, 0.25) is 0 Å². The highest BCUT2D eigenvalue weighted by Crippen LogP contribution is 2.43. The van der Waals surface area contributed by atoms with Crippen LogP contribution in [0.5, 0.6) is 0 Å². The molecule has 0 spiro atoms. The Morgan fingerprint density at radius 3 is 1.87 bits per heavy atom. The van der Waals surface area contributed by atoms with Crippen LogP contribution in [0.2, 0.25) is 0 Å². The lowest BCUT2D eigenvalue weighted by atomic mass is 10.0. The van der Waals surface area contributed by atoms with Crippen LogP contribution in [0.25, 0.3) is 0 Å². The van der Waals surface area contributed by atoms with Gasteiger partial charge in [-0.25, -0.2) is 4.57 Å². The number of phosphoric acid groups is 1. The molecule has 12 heteroatoms. The molecule has 2 rings (SSSR count). The van der Waals surface area contributed by atoms with E-state index >= 15 is 0 Å². The molecule has 2 atom stereocenters. The Balaban J connectivity index is 1.65. The molecule has 11 nitrogen and oxygen atoms in total. The van der Waals surface area contributed by atoms with Gasteiger partial charge in [-0.05, 0) is 89.1 Å². The minimum absolute atomic E-state index is 0.0322. The third-order valence-corrected chi connectivity index (χ3v) is 11.0. The van der Waals surface area contributed by atoms with E-state index in [-0.39, 0.29) is 26.1 Å². The molecule has 55 heavy (non-hydrogen) atoms. The van der Waals surface area contributed by atoms with Crippen molar-refractivity contribution >= 4 is 19.8 Å². The summed E-state index contributed by atoms with van der Waals surface area (Å²) >= 11 is 0. The van der Waals surface area contributed by atoms with Crippen molar-refractivity contribution in [1.29, 1.82) is 0 Å². The molecule has 2 N–H and O–H groups in total. The van der Waals surface area contributed by atoms with Crippen LogP contribution in [-0.2, 0) is 58.4 Å². The maximum atomic E-state index is 12.7. The third-order valence-electron chi connectivity index (χ3n) is 10.0. The average Bonchev–Trinajstić information content (AvgIpc) is 3.64. The van der Waals surface area contributed by atoms with Gasteiger partial charge in [0.25, 0.3) is 0 Å². The molecule has 316 valence electrons. The number of unbranched alkanes of at least 4 members (excludes halogenated alkanes) is 12. The molecule has 0 bridgehead atoms. The molecule has 0 amide bonds. The number of carbonyl (C=O) groups is 2. The van der Waals surface area contributed by atoms with E-state index in [4.69, 9.17) is 27.4 Å². The predicted molar refractivity (Wildman–Crippen MR) is 217 cm³/mol. The number of carbonyl (C=O) groups excluding carboxylic acids is 2. The van der Waals surface area contributed by atoms with Gasteiger partial charge in [0.1, 0.15) is 29.6 Å². The molecule has 0 fully saturated rings. The van der Waals surface area contributed by atoms with Gasteiger partial charge in [0.15, 0.2) is 6.10 Å². The standard InChI is InChI=1S/C43H74NO10P/c1-7-9-18-24-37-31-34(3)39(52-37)25-19-14-10-13-17-22-28-43(46)53-38(33-51-55(47,48)50-30-29-44-6)32-49-42(45)27-21-16-12-11-15-20-26-41-36(5)35(4)40(54-41)23-8-2/h31,38,44H,7-30,32-33H2,1-6H3,(H,47,48)/t38-/m1/s1. The minimum Gasteiger partial charge on any atom is -0.466 e. The van der Waals surface area contributed by atoms with Gasteiger partial charge in [-0.15, -0.1) is 0 Å². The van der Waals surface area contributed by atoms with E-state index < -0.39 is 32.5 Å². The summed E-state index contributed by atoms with van der Waals surface area (Å²) in [5.74, 6) is 3.58. The number of esters is 2. The van der Waals surface area contributed by atoms with Crippen LogP contribution in [0.3, 0.4) is 0 Å². The highest BCUT2D eigenvalue weighted by Gasteiger charge is 2.26. The number of aryl methyl sites for hydroxylation is 5. The molecule has 0 saturated heterocycles. The van der Waals surface area contributed by atoms with Crippen LogP contribution in [-0.4, -0.2) is 56.3 Å². The highest BCUT2D eigenvalue weighted by molar-refractivity contribution is 7.47. The number of phosphoric ester groups is 1. The molecule has 0 radical (unpaired) electrons. The van der Waals surface area contributed by atoms with E-state index in [1.807, 2.05) is 0 Å². The van der Waals surface area contributed by atoms with E-state index in [1.54, 1.807) is 7.05 Å². The fourth-order valence-corrected chi connectivity index (χ4v) is 7.31. The first-order chi connectivity index (χ1) is 26.5. The van der Waals surface area contributed by atoms with Crippen molar-refractivity contribution in [3.05, 3.63) is 45.8 Å². The molecule has 0 aromatic carbocycles. The maximum Gasteiger partial charge on any atom is 0.472 e. The van der Waals surface area contributed by atoms with Gasteiger partial charge >= 0.3 is 19.8 Å². The molecule has 0 aliphatic rings. The maximum absolute atomic E-state index is 12.7. The summed E-state index contributed by atoms with van der Waals surface area (Å²) in [6, 6.07) is 2.18. The lowest BCUT2D eigenvalue weighted by Gasteiger charge is -2.20. The molecular weight excluding hydrogens is 721 g/mol. The minimum atomic E-state index is -4.38. The number of hydrogen-bond donors (Lipinski definition) is 2. The fraction of sp³-hybridized carbons (Fsp3) is 0.767.